The van der Waals surface area contributed by atoms with E-state index in [1.165, 1.54) is 33.8 Å². The van der Waals surface area contributed by atoms with Crippen LogP contribution in [-0.2, 0) is 0 Å². The van der Waals surface area contributed by atoms with Gasteiger partial charge in [-0.2, -0.15) is 0 Å². The second-order valence-electron chi connectivity index (χ2n) is 4.07. The van der Waals surface area contributed by atoms with E-state index in [0.29, 0.717) is 0 Å². The molecule has 0 unspecified atom stereocenters. The van der Waals surface area contributed by atoms with Crippen molar-refractivity contribution in [3.05, 3.63) is 28.8 Å². The lowest BCUT2D eigenvalue weighted by atomic mass is 10.1. The van der Waals surface area contributed by atoms with Crippen LogP contribution in [0.2, 0.25) is 0 Å². The van der Waals surface area contributed by atoms with Crippen molar-refractivity contribution < 1.29 is 0 Å². The van der Waals surface area contributed by atoms with Crippen molar-refractivity contribution >= 4 is 11.8 Å². The van der Waals surface area contributed by atoms with E-state index >= 15 is 0 Å². The molecule has 0 aliphatic carbocycles. The average molecular weight is 223 g/mol. The quantitative estimate of drug-likeness (QED) is 0.611. The zero-order chi connectivity index (χ0) is 11.3. The van der Waals surface area contributed by atoms with Crippen LogP contribution in [0.25, 0.3) is 0 Å². The van der Waals surface area contributed by atoms with Crippen molar-refractivity contribution in [3.63, 3.8) is 0 Å². The molecule has 1 nitrogen and oxygen atoms in total. The van der Waals surface area contributed by atoms with Crippen LogP contribution in [0.3, 0.4) is 0 Å². The van der Waals surface area contributed by atoms with Crippen molar-refractivity contribution in [1.82, 2.24) is 0 Å². The van der Waals surface area contributed by atoms with Crippen molar-refractivity contribution in [2.24, 2.45) is 5.73 Å². The van der Waals surface area contributed by atoms with Gasteiger partial charge in [0.25, 0.3) is 0 Å². The van der Waals surface area contributed by atoms with E-state index in [-0.39, 0.29) is 0 Å². The second kappa shape index (κ2) is 6.19. The third-order valence-corrected chi connectivity index (χ3v) is 3.87. The largest absolute Gasteiger partial charge is 0.330 e. The summed E-state index contributed by atoms with van der Waals surface area (Å²) in [6.45, 7) is 7.37. The maximum absolute atomic E-state index is 5.48. The first-order valence-corrected chi connectivity index (χ1v) is 6.54. The van der Waals surface area contributed by atoms with Crippen LogP contribution in [-0.4, -0.2) is 12.3 Å². The summed E-state index contributed by atoms with van der Waals surface area (Å²) in [6.07, 6.45) is 2.35. The maximum Gasteiger partial charge on any atom is 0.0131 e. The first kappa shape index (κ1) is 12.6. The Bertz CT molecular complexity index is 297. The number of hydrogen-bond acceptors (Lipinski definition) is 2. The predicted molar refractivity (Wildman–Crippen MR) is 69.7 cm³/mol. The lowest BCUT2D eigenvalue weighted by Gasteiger charge is -2.10. The van der Waals surface area contributed by atoms with Crippen molar-refractivity contribution in [2.45, 2.75) is 38.5 Å². The third kappa shape index (κ3) is 3.88. The van der Waals surface area contributed by atoms with Crippen molar-refractivity contribution in [3.8, 4) is 0 Å². The van der Waals surface area contributed by atoms with Crippen LogP contribution in [0, 0.1) is 20.8 Å². The normalized spacial score (nSPS) is 10.7. The summed E-state index contributed by atoms with van der Waals surface area (Å²) < 4.78 is 0. The van der Waals surface area contributed by atoms with E-state index in [1.54, 1.807) is 0 Å². The molecule has 1 aromatic rings. The van der Waals surface area contributed by atoms with E-state index in [9.17, 15) is 0 Å². The third-order valence-electron chi connectivity index (χ3n) is 2.45. The molecule has 0 aliphatic heterocycles. The summed E-state index contributed by atoms with van der Waals surface area (Å²) in [7, 11) is 0. The highest BCUT2D eigenvalue weighted by Gasteiger charge is 2.03. The zero-order valence-corrected chi connectivity index (χ0v) is 10.8. The van der Waals surface area contributed by atoms with Crippen LogP contribution in [0.4, 0.5) is 0 Å². The zero-order valence-electron chi connectivity index (χ0n) is 9.97. The highest BCUT2D eigenvalue weighted by Crippen LogP contribution is 2.28. The minimum Gasteiger partial charge on any atom is -0.330 e. The molecule has 0 fully saturated rings. The van der Waals surface area contributed by atoms with Crippen LogP contribution < -0.4 is 5.73 Å². The smallest absolute Gasteiger partial charge is 0.0131 e. The molecule has 84 valence electrons. The topological polar surface area (TPSA) is 26.0 Å². The summed E-state index contributed by atoms with van der Waals surface area (Å²) in [5.74, 6) is 1.18. The van der Waals surface area contributed by atoms with Gasteiger partial charge in [-0.15, -0.1) is 11.8 Å². The number of benzene rings is 1. The van der Waals surface area contributed by atoms with Gasteiger partial charge < -0.3 is 5.73 Å². The van der Waals surface area contributed by atoms with Gasteiger partial charge in [-0.3, -0.25) is 0 Å². The van der Waals surface area contributed by atoms with E-state index in [2.05, 4.69) is 32.9 Å². The molecule has 0 aromatic heterocycles. The molecule has 0 radical (unpaired) electrons. The molecule has 2 N–H and O–H groups in total. The molecule has 0 amide bonds. The summed E-state index contributed by atoms with van der Waals surface area (Å²) in [6, 6.07) is 4.52. The van der Waals surface area contributed by atoms with E-state index in [1.807, 2.05) is 11.8 Å². The molecule has 15 heavy (non-hydrogen) atoms. The van der Waals surface area contributed by atoms with Gasteiger partial charge in [0.05, 0.1) is 0 Å². The van der Waals surface area contributed by atoms with Gasteiger partial charge in [-0.05, 0) is 57.0 Å². The molecule has 2 heteroatoms. The molecular weight excluding hydrogens is 202 g/mol. The number of rotatable bonds is 5. The molecule has 0 saturated heterocycles. The molecule has 0 atom stereocenters. The molecule has 0 bridgehead atoms. The highest BCUT2D eigenvalue weighted by molar-refractivity contribution is 7.99. The molecule has 0 saturated carbocycles. The predicted octanol–water partition coefficient (Wildman–Crippen LogP) is 3.44. The summed E-state index contributed by atoms with van der Waals surface area (Å²) in [5, 5.41) is 0. The monoisotopic (exact) mass is 223 g/mol. The Morgan fingerprint density at radius 3 is 2.20 bits per heavy atom. The fourth-order valence-corrected chi connectivity index (χ4v) is 2.94. The van der Waals surface area contributed by atoms with Gasteiger partial charge in [0.1, 0.15) is 0 Å². The minimum absolute atomic E-state index is 0.812. The Hall–Kier alpha value is -0.470. The van der Waals surface area contributed by atoms with Gasteiger partial charge in [0.15, 0.2) is 0 Å². The Balaban J connectivity index is 2.60. The number of thioether (sulfide) groups is 1. The lowest BCUT2D eigenvalue weighted by Crippen LogP contribution is -1.98. The molecule has 0 aliphatic rings. The highest BCUT2D eigenvalue weighted by atomic mass is 32.2. The lowest BCUT2D eigenvalue weighted by molar-refractivity contribution is 0.814. The van der Waals surface area contributed by atoms with Gasteiger partial charge >= 0.3 is 0 Å². The first-order chi connectivity index (χ1) is 7.15. The number of aryl methyl sites for hydroxylation is 3. The Morgan fingerprint density at radius 1 is 1.07 bits per heavy atom. The fourth-order valence-electron chi connectivity index (χ4n) is 1.82. The van der Waals surface area contributed by atoms with Crippen LogP contribution in [0.15, 0.2) is 17.0 Å². The fraction of sp³-hybridized carbons (Fsp3) is 0.538. The van der Waals surface area contributed by atoms with E-state index in [4.69, 9.17) is 5.73 Å². The van der Waals surface area contributed by atoms with Gasteiger partial charge in [0, 0.05) is 4.90 Å². The number of unbranched alkanes of at least 4 members (excludes halogenated alkanes) is 1. The Morgan fingerprint density at radius 2 is 1.67 bits per heavy atom. The minimum atomic E-state index is 0.812. The van der Waals surface area contributed by atoms with Crippen molar-refractivity contribution in [1.29, 1.82) is 0 Å². The number of nitrogens with two attached hydrogens (primary N) is 1. The van der Waals surface area contributed by atoms with Gasteiger partial charge in [0.2, 0.25) is 0 Å². The Kier molecular flexibility index (Phi) is 5.20. The van der Waals surface area contributed by atoms with Gasteiger partial charge in [-0.1, -0.05) is 17.7 Å². The molecule has 1 aromatic carbocycles. The SMILES string of the molecule is Cc1cc(C)c(SCCCCN)c(C)c1. The number of hydrogen-bond donors (Lipinski definition) is 1. The molecule has 1 rings (SSSR count). The van der Waals surface area contributed by atoms with Crippen LogP contribution in [0.1, 0.15) is 29.5 Å². The molecule has 0 spiro atoms. The first-order valence-electron chi connectivity index (χ1n) is 5.56. The summed E-state index contributed by atoms with van der Waals surface area (Å²) >= 11 is 1.97. The van der Waals surface area contributed by atoms with E-state index in [0.717, 1.165) is 13.0 Å². The van der Waals surface area contributed by atoms with Crippen LogP contribution in [0.5, 0.6) is 0 Å². The average Bonchev–Trinajstić information content (AvgIpc) is 2.15. The van der Waals surface area contributed by atoms with Crippen molar-refractivity contribution in [2.75, 3.05) is 12.3 Å². The summed E-state index contributed by atoms with van der Waals surface area (Å²) in [4.78, 5) is 1.46. The van der Waals surface area contributed by atoms with Crippen LogP contribution >= 0.6 is 11.8 Å². The standard InChI is InChI=1S/C13H21NS/c1-10-8-11(2)13(12(3)9-10)15-7-5-4-6-14/h8-9H,4-7,14H2,1-3H3. The van der Waals surface area contributed by atoms with Gasteiger partial charge in [-0.25, -0.2) is 0 Å². The maximum atomic E-state index is 5.48. The molecule has 0 heterocycles. The summed E-state index contributed by atoms with van der Waals surface area (Å²) in [5.41, 5.74) is 9.65. The van der Waals surface area contributed by atoms with E-state index < -0.39 is 0 Å². The molecular formula is C13H21NS. The Labute approximate surface area is 97.4 Å². The second-order valence-corrected chi connectivity index (χ2v) is 5.18.